The van der Waals surface area contributed by atoms with Gasteiger partial charge in [0.2, 0.25) is 5.91 Å². The second-order valence-electron chi connectivity index (χ2n) is 3.90. The molecule has 0 N–H and O–H groups in total. The Balaban J connectivity index is 2.65. The number of nitrogens with zero attached hydrogens (tertiary/aromatic N) is 2. The van der Waals surface area contributed by atoms with Crippen LogP contribution in [0.1, 0.15) is 19.8 Å². The maximum Gasteiger partial charge on any atom is 0.233 e. The lowest BCUT2D eigenvalue weighted by Gasteiger charge is -2.29. The van der Waals surface area contributed by atoms with Gasteiger partial charge in [0.05, 0.1) is 5.33 Å². The van der Waals surface area contributed by atoms with Crippen LogP contribution in [0.3, 0.4) is 0 Å². The van der Waals surface area contributed by atoms with Crippen LogP contribution < -0.4 is 0 Å². The van der Waals surface area contributed by atoms with E-state index in [9.17, 15) is 4.79 Å². The summed E-state index contributed by atoms with van der Waals surface area (Å²) in [6, 6.07) is 0.396. The topological polar surface area (TPSA) is 23.6 Å². The summed E-state index contributed by atoms with van der Waals surface area (Å²) in [4.78, 5) is 16.0. The first-order chi connectivity index (χ1) is 6.69. The molecule has 82 valence electrons. The number of halogens is 1. The van der Waals surface area contributed by atoms with Crippen molar-refractivity contribution < 1.29 is 4.79 Å². The highest BCUT2D eigenvalue weighted by Crippen LogP contribution is 2.12. The van der Waals surface area contributed by atoms with Crippen LogP contribution in [-0.4, -0.2) is 53.8 Å². The summed E-state index contributed by atoms with van der Waals surface area (Å²) in [5.41, 5.74) is 0. The summed E-state index contributed by atoms with van der Waals surface area (Å²) in [5, 5.41) is 0.452. The number of amides is 1. The van der Waals surface area contributed by atoms with Gasteiger partial charge in [-0.25, -0.2) is 0 Å². The first kappa shape index (κ1) is 12.0. The highest BCUT2D eigenvalue weighted by Gasteiger charge is 2.24. The van der Waals surface area contributed by atoms with E-state index in [2.05, 4.69) is 34.8 Å². The van der Waals surface area contributed by atoms with Gasteiger partial charge in [0, 0.05) is 19.1 Å². The van der Waals surface area contributed by atoms with Gasteiger partial charge in [-0.15, -0.1) is 0 Å². The average molecular weight is 263 g/mol. The fraction of sp³-hybridized carbons (Fsp3) is 0.900. The average Bonchev–Trinajstić information content (AvgIpc) is 2.38. The Morgan fingerprint density at radius 3 is 2.79 bits per heavy atom. The van der Waals surface area contributed by atoms with Gasteiger partial charge in [0.15, 0.2) is 0 Å². The smallest absolute Gasteiger partial charge is 0.233 e. The summed E-state index contributed by atoms with van der Waals surface area (Å²) in [7, 11) is 2.13. The van der Waals surface area contributed by atoms with Crippen molar-refractivity contribution >= 4 is 21.8 Å². The minimum Gasteiger partial charge on any atom is -0.338 e. The van der Waals surface area contributed by atoms with Crippen molar-refractivity contribution in [2.45, 2.75) is 25.8 Å². The van der Waals surface area contributed by atoms with E-state index in [0.29, 0.717) is 11.4 Å². The molecule has 0 aliphatic carbocycles. The zero-order chi connectivity index (χ0) is 10.6. The predicted octanol–water partition coefficient (Wildman–Crippen LogP) is 1.32. The largest absolute Gasteiger partial charge is 0.338 e. The van der Waals surface area contributed by atoms with Crippen LogP contribution in [0.5, 0.6) is 0 Å². The zero-order valence-electron chi connectivity index (χ0n) is 9.00. The molecule has 14 heavy (non-hydrogen) atoms. The molecule has 0 radical (unpaired) electrons. The third-order valence-corrected chi connectivity index (χ3v) is 3.29. The van der Waals surface area contributed by atoms with Gasteiger partial charge in [-0.2, -0.15) is 0 Å². The first-order valence-electron chi connectivity index (χ1n) is 5.23. The zero-order valence-corrected chi connectivity index (χ0v) is 10.6. The van der Waals surface area contributed by atoms with Gasteiger partial charge < -0.3 is 9.80 Å². The van der Waals surface area contributed by atoms with E-state index >= 15 is 0 Å². The van der Waals surface area contributed by atoms with Gasteiger partial charge in [0.25, 0.3) is 0 Å². The molecular weight excluding hydrogens is 244 g/mol. The maximum atomic E-state index is 11.7. The molecule has 4 heteroatoms. The lowest BCUT2D eigenvalue weighted by Crippen LogP contribution is -2.44. The molecule has 1 unspecified atom stereocenters. The van der Waals surface area contributed by atoms with Gasteiger partial charge in [-0.3, -0.25) is 4.79 Å². The normalized spacial score (nSPS) is 24.8. The minimum absolute atomic E-state index is 0.229. The van der Waals surface area contributed by atoms with Gasteiger partial charge in [-0.05, 0) is 26.4 Å². The second kappa shape index (κ2) is 5.71. The second-order valence-corrected chi connectivity index (χ2v) is 4.46. The molecule has 0 saturated carbocycles. The van der Waals surface area contributed by atoms with E-state index in [1.807, 2.05) is 4.90 Å². The molecule has 0 aromatic rings. The van der Waals surface area contributed by atoms with Crippen LogP contribution in [0, 0.1) is 0 Å². The van der Waals surface area contributed by atoms with Crippen LogP contribution >= 0.6 is 15.9 Å². The van der Waals surface area contributed by atoms with Crippen LogP contribution in [0.4, 0.5) is 0 Å². The monoisotopic (exact) mass is 262 g/mol. The minimum atomic E-state index is 0.229. The van der Waals surface area contributed by atoms with E-state index in [-0.39, 0.29) is 5.91 Å². The van der Waals surface area contributed by atoms with Crippen LogP contribution in [0.2, 0.25) is 0 Å². The third-order valence-electron chi connectivity index (χ3n) is 2.81. The number of hydrogen-bond donors (Lipinski definition) is 0. The number of carbonyl (C=O) groups excluding carboxylic acids is 1. The lowest BCUT2D eigenvalue weighted by atomic mass is 10.2. The van der Waals surface area contributed by atoms with Gasteiger partial charge in [0.1, 0.15) is 0 Å². The molecule has 1 saturated heterocycles. The van der Waals surface area contributed by atoms with Crippen molar-refractivity contribution in [3.8, 4) is 0 Å². The van der Waals surface area contributed by atoms with E-state index in [1.54, 1.807) is 0 Å². The van der Waals surface area contributed by atoms with Crippen LogP contribution in [0.25, 0.3) is 0 Å². The molecule has 1 amide bonds. The molecule has 1 aliphatic rings. The molecule has 0 aromatic heterocycles. The Kier molecular flexibility index (Phi) is 4.89. The highest BCUT2D eigenvalue weighted by atomic mass is 79.9. The van der Waals surface area contributed by atoms with Crippen molar-refractivity contribution in [3.63, 3.8) is 0 Å². The molecule has 0 bridgehead atoms. The Morgan fingerprint density at radius 2 is 2.21 bits per heavy atom. The molecular formula is C10H19BrN2O. The molecule has 0 aromatic carbocycles. The van der Waals surface area contributed by atoms with Gasteiger partial charge >= 0.3 is 0 Å². The standard InChI is InChI=1S/C10H19BrN2O/c1-3-9-8-12(2)5-4-6-13(9)10(14)7-11/h9H,3-8H2,1-2H3. The number of alkyl halides is 1. The lowest BCUT2D eigenvalue weighted by molar-refractivity contribution is -0.130. The highest BCUT2D eigenvalue weighted by molar-refractivity contribution is 9.09. The predicted molar refractivity (Wildman–Crippen MR) is 61.7 cm³/mol. The molecule has 1 atom stereocenters. The Morgan fingerprint density at radius 1 is 1.50 bits per heavy atom. The fourth-order valence-corrected chi connectivity index (χ4v) is 2.32. The molecule has 1 fully saturated rings. The summed E-state index contributed by atoms with van der Waals surface area (Å²) >= 11 is 3.24. The van der Waals surface area contributed by atoms with Crippen LogP contribution in [0.15, 0.2) is 0 Å². The summed E-state index contributed by atoms with van der Waals surface area (Å²) in [5.74, 6) is 0.229. The van der Waals surface area contributed by atoms with Crippen molar-refractivity contribution in [1.29, 1.82) is 0 Å². The molecule has 3 nitrogen and oxygen atoms in total. The third kappa shape index (κ3) is 2.95. The van der Waals surface area contributed by atoms with Crippen molar-refractivity contribution in [2.75, 3.05) is 32.0 Å². The van der Waals surface area contributed by atoms with Crippen molar-refractivity contribution in [3.05, 3.63) is 0 Å². The fourth-order valence-electron chi connectivity index (χ4n) is 2.00. The van der Waals surface area contributed by atoms with Gasteiger partial charge in [-0.1, -0.05) is 22.9 Å². The Bertz CT molecular complexity index is 199. The summed E-state index contributed by atoms with van der Waals surface area (Å²) < 4.78 is 0. The van der Waals surface area contributed by atoms with E-state index in [0.717, 1.165) is 32.5 Å². The summed E-state index contributed by atoms with van der Waals surface area (Å²) in [6.07, 6.45) is 2.13. The SMILES string of the molecule is CCC1CN(C)CCCN1C(=O)CBr. The Labute approximate surface area is 94.6 Å². The first-order valence-corrected chi connectivity index (χ1v) is 6.35. The number of rotatable bonds is 2. The van der Waals surface area contributed by atoms with E-state index < -0.39 is 0 Å². The number of likely N-dealkylation sites (N-methyl/N-ethyl adjacent to an activating group) is 1. The van der Waals surface area contributed by atoms with E-state index in [1.165, 1.54) is 0 Å². The molecule has 1 rings (SSSR count). The quantitative estimate of drug-likeness (QED) is 0.702. The maximum absolute atomic E-state index is 11.7. The van der Waals surface area contributed by atoms with Crippen molar-refractivity contribution in [2.24, 2.45) is 0 Å². The summed E-state index contributed by atoms with van der Waals surface area (Å²) in [6.45, 7) is 5.17. The molecule has 1 heterocycles. The Hall–Kier alpha value is -0.0900. The van der Waals surface area contributed by atoms with E-state index in [4.69, 9.17) is 0 Å². The molecule has 0 spiro atoms. The number of carbonyl (C=O) groups is 1. The van der Waals surface area contributed by atoms with Crippen LogP contribution in [-0.2, 0) is 4.79 Å². The van der Waals surface area contributed by atoms with Crippen molar-refractivity contribution in [1.82, 2.24) is 9.80 Å². The number of hydrogen-bond acceptors (Lipinski definition) is 2. The molecule has 1 aliphatic heterocycles.